The SMILES string of the molecule is COCCC1(N(C)C)CCN(C(=O)c2cc(C)nn2C)CC1. The predicted molar refractivity (Wildman–Crippen MR) is 86.0 cm³/mol. The first-order chi connectivity index (χ1) is 10.4. The maximum Gasteiger partial charge on any atom is 0.272 e. The highest BCUT2D eigenvalue weighted by atomic mass is 16.5. The number of amides is 1. The van der Waals surface area contributed by atoms with E-state index in [0.717, 1.165) is 44.7 Å². The van der Waals surface area contributed by atoms with Gasteiger partial charge in [0, 0.05) is 39.4 Å². The van der Waals surface area contributed by atoms with Gasteiger partial charge in [-0.15, -0.1) is 0 Å². The summed E-state index contributed by atoms with van der Waals surface area (Å²) in [5.74, 6) is 0.0854. The number of aryl methyl sites for hydroxylation is 2. The van der Waals surface area contributed by atoms with Crippen molar-refractivity contribution in [2.45, 2.75) is 31.7 Å². The molecule has 6 nitrogen and oxygen atoms in total. The van der Waals surface area contributed by atoms with Crippen molar-refractivity contribution in [3.05, 3.63) is 17.5 Å². The number of hydrogen-bond acceptors (Lipinski definition) is 4. The van der Waals surface area contributed by atoms with Gasteiger partial charge in [0.1, 0.15) is 5.69 Å². The molecule has 0 N–H and O–H groups in total. The lowest BCUT2D eigenvalue weighted by molar-refractivity contribution is 0.0249. The van der Waals surface area contributed by atoms with E-state index in [-0.39, 0.29) is 11.4 Å². The van der Waals surface area contributed by atoms with E-state index in [1.54, 1.807) is 11.8 Å². The van der Waals surface area contributed by atoms with E-state index >= 15 is 0 Å². The molecule has 0 saturated carbocycles. The number of ether oxygens (including phenoxy) is 1. The van der Waals surface area contributed by atoms with Gasteiger partial charge in [-0.1, -0.05) is 0 Å². The number of methoxy groups -OCH3 is 1. The van der Waals surface area contributed by atoms with Gasteiger partial charge in [0.15, 0.2) is 0 Å². The topological polar surface area (TPSA) is 50.6 Å². The molecule has 2 rings (SSSR count). The van der Waals surface area contributed by atoms with Crippen LogP contribution >= 0.6 is 0 Å². The minimum Gasteiger partial charge on any atom is -0.385 e. The van der Waals surface area contributed by atoms with Crippen molar-refractivity contribution in [2.24, 2.45) is 7.05 Å². The van der Waals surface area contributed by atoms with Gasteiger partial charge in [-0.05, 0) is 46.3 Å². The van der Waals surface area contributed by atoms with Gasteiger partial charge in [-0.2, -0.15) is 5.10 Å². The number of piperidine rings is 1. The average molecular weight is 308 g/mol. The Labute approximate surface area is 133 Å². The second-order valence-corrected chi connectivity index (χ2v) is 6.45. The molecule has 6 heteroatoms. The third kappa shape index (κ3) is 3.33. The second-order valence-electron chi connectivity index (χ2n) is 6.45. The van der Waals surface area contributed by atoms with Crippen LogP contribution < -0.4 is 0 Å². The van der Waals surface area contributed by atoms with Gasteiger partial charge in [0.05, 0.1) is 5.69 Å². The average Bonchev–Trinajstić information content (AvgIpc) is 2.83. The fraction of sp³-hybridized carbons (Fsp3) is 0.750. The van der Waals surface area contributed by atoms with Crippen molar-refractivity contribution >= 4 is 5.91 Å². The molecule has 1 aromatic rings. The Morgan fingerprint density at radius 1 is 1.41 bits per heavy atom. The molecule has 0 atom stereocenters. The quantitative estimate of drug-likeness (QED) is 0.823. The molecule has 0 spiro atoms. The van der Waals surface area contributed by atoms with Crippen LogP contribution in [0.2, 0.25) is 0 Å². The lowest BCUT2D eigenvalue weighted by Crippen LogP contribution is -2.54. The zero-order valence-electron chi connectivity index (χ0n) is 14.4. The minimum atomic E-state index is 0.0854. The molecule has 0 aliphatic carbocycles. The van der Waals surface area contributed by atoms with Gasteiger partial charge in [-0.3, -0.25) is 9.48 Å². The van der Waals surface area contributed by atoms with Crippen molar-refractivity contribution in [1.29, 1.82) is 0 Å². The fourth-order valence-corrected chi connectivity index (χ4v) is 3.31. The Bertz CT molecular complexity index is 516. The summed E-state index contributed by atoms with van der Waals surface area (Å²) in [7, 11) is 7.81. The Morgan fingerprint density at radius 2 is 2.05 bits per heavy atom. The zero-order valence-corrected chi connectivity index (χ0v) is 14.4. The molecule has 1 amide bonds. The number of likely N-dealkylation sites (tertiary alicyclic amines) is 1. The van der Waals surface area contributed by atoms with Gasteiger partial charge in [-0.25, -0.2) is 0 Å². The molecule has 0 aromatic carbocycles. The molecule has 0 bridgehead atoms. The molecule has 0 radical (unpaired) electrons. The third-order valence-corrected chi connectivity index (χ3v) is 4.92. The summed E-state index contributed by atoms with van der Waals surface area (Å²) in [5, 5.41) is 4.27. The molecule has 1 aromatic heterocycles. The second kappa shape index (κ2) is 6.79. The number of carbonyl (C=O) groups is 1. The molecule has 1 fully saturated rings. The van der Waals surface area contributed by atoms with Crippen molar-refractivity contribution in [1.82, 2.24) is 19.6 Å². The van der Waals surface area contributed by atoms with Crippen molar-refractivity contribution < 1.29 is 9.53 Å². The van der Waals surface area contributed by atoms with Crippen LogP contribution in [0.15, 0.2) is 6.07 Å². The third-order valence-electron chi connectivity index (χ3n) is 4.92. The van der Waals surface area contributed by atoms with Crippen molar-refractivity contribution in [3.63, 3.8) is 0 Å². The number of aromatic nitrogens is 2. The standard InChI is InChI=1S/C16H28N4O2/c1-13-12-14(19(4)17-13)15(21)20-9-6-16(7-10-20,18(2)3)8-11-22-5/h12H,6-11H2,1-5H3. The van der Waals surface area contributed by atoms with Crippen LogP contribution in [0.1, 0.15) is 35.4 Å². The van der Waals surface area contributed by atoms with E-state index in [9.17, 15) is 4.79 Å². The molecule has 0 unspecified atom stereocenters. The van der Waals surface area contributed by atoms with Crippen LogP contribution in [0.3, 0.4) is 0 Å². The Morgan fingerprint density at radius 3 is 2.50 bits per heavy atom. The van der Waals surface area contributed by atoms with Crippen LogP contribution in [-0.2, 0) is 11.8 Å². The molecule has 1 aliphatic rings. The maximum absolute atomic E-state index is 12.7. The number of hydrogen-bond donors (Lipinski definition) is 0. The van der Waals surface area contributed by atoms with E-state index in [0.29, 0.717) is 5.69 Å². The molecular formula is C16H28N4O2. The van der Waals surface area contributed by atoms with E-state index in [2.05, 4.69) is 24.1 Å². The summed E-state index contributed by atoms with van der Waals surface area (Å²) in [5.41, 5.74) is 1.69. The highest BCUT2D eigenvalue weighted by Crippen LogP contribution is 2.31. The Kier molecular flexibility index (Phi) is 5.24. The van der Waals surface area contributed by atoms with Gasteiger partial charge in [0.25, 0.3) is 5.91 Å². The lowest BCUT2D eigenvalue weighted by atomic mass is 9.83. The van der Waals surface area contributed by atoms with Crippen LogP contribution in [-0.4, -0.2) is 71.9 Å². The number of nitrogens with zero attached hydrogens (tertiary/aromatic N) is 4. The summed E-state index contributed by atoms with van der Waals surface area (Å²) < 4.78 is 6.94. The first-order valence-electron chi connectivity index (χ1n) is 7.86. The molecular weight excluding hydrogens is 280 g/mol. The fourth-order valence-electron chi connectivity index (χ4n) is 3.31. The zero-order chi connectivity index (χ0) is 16.3. The normalized spacial score (nSPS) is 18.0. The van der Waals surface area contributed by atoms with Crippen LogP contribution in [0.25, 0.3) is 0 Å². The molecule has 2 heterocycles. The molecule has 124 valence electrons. The lowest BCUT2D eigenvalue weighted by Gasteiger charge is -2.46. The summed E-state index contributed by atoms with van der Waals surface area (Å²) in [4.78, 5) is 16.9. The van der Waals surface area contributed by atoms with Crippen molar-refractivity contribution in [3.8, 4) is 0 Å². The van der Waals surface area contributed by atoms with Crippen LogP contribution in [0.4, 0.5) is 0 Å². The highest BCUT2D eigenvalue weighted by molar-refractivity contribution is 5.92. The van der Waals surface area contributed by atoms with E-state index < -0.39 is 0 Å². The minimum absolute atomic E-state index is 0.0854. The molecule has 1 saturated heterocycles. The highest BCUT2D eigenvalue weighted by Gasteiger charge is 2.37. The van der Waals surface area contributed by atoms with Crippen LogP contribution in [0, 0.1) is 6.92 Å². The smallest absolute Gasteiger partial charge is 0.272 e. The summed E-state index contributed by atoms with van der Waals surface area (Å²) in [6.07, 6.45) is 2.96. The monoisotopic (exact) mass is 308 g/mol. The van der Waals surface area contributed by atoms with E-state index in [4.69, 9.17) is 4.74 Å². The van der Waals surface area contributed by atoms with Crippen molar-refractivity contribution in [2.75, 3.05) is 40.9 Å². The summed E-state index contributed by atoms with van der Waals surface area (Å²) >= 11 is 0. The van der Waals surface area contributed by atoms with Gasteiger partial charge < -0.3 is 14.5 Å². The van der Waals surface area contributed by atoms with Gasteiger partial charge >= 0.3 is 0 Å². The first kappa shape index (κ1) is 17.0. The number of carbonyl (C=O) groups excluding carboxylic acids is 1. The predicted octanol–water partition coefficient (Wildman–Crippen LogP) is 1.30. The summed E-state index contributed by atoms with van der Waals surface area (Å²) in [6, 6.07) is 1.86. The molecule has 1 aliphatic heterocycles. The molecule has 22 heavy (non-hydrogen) atoms. The summed E-state index contributed by atoms with van der Waals surface area (Å²) in [6.45, 7) is 4.23. The van der Waals surface area contributed by atoms with E-state index in [1.807, 2.05) is 24.9 Å². The van der Waals surface area contributed by atoms with Gasteiger partial charge in [0.2, 0.25) is 0 Å². The van der Waals surface area contributed by atoms with E-state index in [1.165, 1.54) is 0 Å². The largest absolute Gasteiger partial charge is 0.385 e. The van der Waals surface area contributed by atoms with Crippen LogP contribution in [0.5, 0.6) is 0 Å². The Hall–Kier alpha value is -1.40. The Balaban J connectivity index is 2.04. The number of rotatable bonds is 5. The first-order valence-corrected chi connectivity index (χ1v) is 7.86. The maximum atomic E-state index is 12.7.